The van der Waals surface area contributed by atoms with Crippen LogP contribution in [0.1, 0.15) is 34.1 Å². The Labute approximate surface area is 88.6 Å². The highest BCUT2D eigenvalue weighted by molar-refractivity contribution is 5.36. The van der Waals surface area contributed by atoms with Crippen molar-refractivity contribution in [2.75, 3.05) is 13.1 Å². The van der Waals surface area contributed by atoms with Gasteiger partial charge >= 0.3 is 0 Å². The summed E-state index contributed by atoms with van der Waals surface area (Å²) in [5, 5.41) is 3.33. The number of allylic oxidation sites excluding steroid dienone is 2. The Morgan fingerprint density at radius 3 is 2.43 bits per heavy atom. The van der Waals surface area contributed by atoms with Gasteiger partial charge in [-0.05, 0) is 38.0 Å². The third kappa shape index (κ3) is 4.43. The first-order valence-corrected chi connectivity index (χ1v) is 5.44. The van der Waals surface area contributed by atoms with Crippen molar-refractivity contribution < 1.29 is 0 Å². The molecule has 1 aliphatic heterocycles. The molecule has 1 heteroatoms. The molecule has 0 aromatic carbocycles. The molecule has 0 aliphatic carbocycles. The summed E-state index contributed by atoms with van der Waals surface area (Å²) >= 11 is 0. The highest BCUT2D eigenvalue weighted by Gasteiger charge is 2.06. The van der Waals surface area contributed by atoms with Gasteiger partial charge in [-0.2, -0.15) is 0 Å². The van der Waals surface area contributed by atoms with Gasteiger partial charge in [0.1, 0.15) is 0 Å². The second-order valence-electron chi connectivity index (χ2n) is 3.40. The summed E-state index contributed by atoms with van der Waals surface area (Å²) in [7, 11) is 0. The van der Waals surface area contributed by atoms with Crippen LogP contribution >= 0.6 is 0 Å². The lowest BCUT2D eigenvalue weighted by Crippen LogP contribution is -2.23. The van der Waals surface area contributed by atoms with Crippen molar-refractivity contribution in [1.82, 2.24) is 5.32 Å². The van der Waals surface area contributed by atoms with Crippen LogP contribution < -0.4 is 5.32 Å². The molecule has 1 aliphatic rings. The molecule has 80 valence electrons. The second kappa shape index (κ2) is 7.57. The predicted molar refractivity (Wildman–Crippen MR) is 65.5 cm³/mol. The molecule has 0 radical (unpaired) electrons. The van der Waals surface area contributed by atoms with Gasteiger partial charge < -0.3 is 5.32 Å². The van der Waals surface area contributed by atoms with Gasteiger partial charge in [0.2, 0.25) is 0 Å². The van der Waals surface area contributed by atoms with Crippen LogP contribution in [0.25, 0.3) is 0 Å². The summed E-state index contributed by atoms with van der Waals surface area (Å²) in [6, 6.07) is 0. The van der Waals surface area contributed by atoms with Crippen LogP contribution in [0, 0.1) is 0 Å². The van der Waals surface area contributed by atoms with Crippen molar-refractivity contribution in [1.29, 1.82) is 0 Å². The molecule has 1 nitrogen and oxygen atoms in total. The normalized spacial score (nSPS) is 15.4. The van der Waals surface area contributed by atoms with Gasteiger partial charge in [-0.1, -0.05) is 38.2 Å². The van der Waals surface area contributed by atoms with Crippen molar-refractivity contribution in [3.05, 3.63) is 35.5 Å². The maximum Gasteiger partial charge on any atom is 0.0208 e. The number of nitrogens with one attached hydrogen (secondary N) is 1. The third-order valence-corrected chi connectivity index (χ3v) is 2.01. The van der Waals surface area contributed by atoms with E-state index in [1.165, 1.54) is 16.7 Å². The number of rotatable bonds is 2. The van der Waals surface area contributed by atoms with Gasteiger partial charge in [0.05, 0.1) is 0 Å². The summed E-state index contributed by atoms with van der Waals surface area (Å²) in [5.74, 6) is 0. The first kappa shape index (κ1) is 13.2. The molecule has 0 aromatic rings. The molecule has 0 atom stereocenters. The highest BCUT2D eigenvalue weighted by Crippen LogP contribution is 2.16. The van der Waals surface area contributed by atoms with Gasteiger partial charge in [0, 0.05) is 6.54 Å². The Morgan fingerprint density at radius 2 is 1.93 bits per heavy atom. The minimum atomic E-state index is 0.975. The first-order valence-electron chi connectivity index (χ1n) is 5.44. The van der Waals surface area contributed by atoms with E-state index in [9.17, 15) is 0 Å². The van der Waals surface area contributed by atoms with E-state index in [0.717, 1.165) is 19.5 Å². The smallest absolute Gasteiger partial charge is 0.0208 e. The fraction of sp³-hybridized carbons (Fsp3) is 0.538. The highest BCUT2D eigenvalue weighted by atomic mass is 14.9. The Morgan fingerprint density at radius 1 is 1.29 bits per heavy atom. The molecule has 0 saturated heterocycles. The molecule has 0 amide bonds. The van der Waals surface area contributed by atoms with Crippen molar-refractivity contribution in [2.45, 2.75) is 34.1 Å². The molecule has 0 saturated carbocycles. The average molecular weight is 193 g/mol. The SMILES string of the molecule is C=CC1=C(C=C(C)C)CCNC1.CC. The van der Waals surface area contributed by atoms with E-state index in [2.05, 4.69) is 31.8 Å². The summed E-state index contributed by atoms with van der Waals surface area (Å²) in [5.41, 5.74) is 4.16. The molecule has 0 bridgehead atoms. The van der Waals surface area contributed by atoms with Gasteiger partial charge in [-0.25, -0.2) is 0 Å². The molecule has 14 heavy (non-hydrogen) atoms. The molecule has 1 rings (SSSR count). The maximum atomic E-state index is 3.81. The Hall–Kier alpha value is -0.820. The second-order valence-corrected chi connectivity index (χ2v) is 3.40. The van der Waals surface area contributed by atoms with Crippen LogP contribution in [0.2, 0.25) is 0 Å². The molecule has 0 unspecified atom stereocenters. The van der Waals surface area contributed by atoms with E-state index < -0.39 is 0 Å². The average Bonchev–Trinajstić information content (AvgIpc) is 2.21. The van der Waals surface area contributed by atoms with Crippen molar-refractivity contribution >= 4 is 0 Å². The van der Waals surface area contributed by atoms with Gasteiger partial charge in [-0.15, -0.1) is 0 Å². The fourth-order valence-electron chi connectivity index (χ4n) is 1.44. The van der Waals surface area contributed by atoms with Crippen LogP contribution in [-0.2, 0) is 0 Å². The van der Waals surface area contributed by atoms with Crippen LogP contribution in [0.15, 0.2) is 35.5 Å². The largest absolute Gasteiger partial charge is 0.312 e. The van der Waals surface area contributed by atoms with E-state index >= 15 is 0 Å². The van der Waals surface area contributed by atoms with Gasteiger partial charge in [0.25, 0.3) is 0 Å². The van der Waals surface area contributed by atoms with Crippen LogP contribution in [0.5, 0.6) is 0 Å². The summed E-state index contributed by atoms with van der Waals surface area (Å²) in [6.45, 7) is 14.2. The lowest BCUT2D eigenvalue weighted by Gasteiger charge is -2.17. The molecule has 0 fully saturated rings. The predicted octanol–water partition coefficient (Wildman–Crippen LogP) is 3.45. The van der Waals surface area contributed by atoms with Crippen molar-refractivity contribution in [2.24, 2.45) is 0 Å². The first-order chi connectivity index (χ1) is 6.74. The lowest BCUT2D eigenvalue weighted by atomic mass is 9.99. The zero-order valence-electron chi connectivity index (χ0n) is 9.98. The summed E-state index contributed by atoms with van der Waals surface area (Å²) in [6.07, 6.45) is 5.35. The summed E-state index contributed by atoms with van der Waals surface area (Å²) < 4.78 is 0. The minimum absolute atomic E-state index is 0.975. The van der Waals surface area contributed by atoms with Crippen molar-refractivity contribution in [3.63, 3.8) is 0 Å². The summed E-state index contributed by atoms with van der Waals surface area (Å²) in [4.78, 5) is 0. The van der Waals surface area contributed by atoms with Gasteiger partial charge in [0.15, 0.2) is 0 Å². The van der Waals surface area contributed by atoms with E-state index in [4.69, 9.17) is 0 Å². The van der Waals surface area contributed by atoms with E-state index in [1.807, 2.05) is 19.9 Å². The zero-order chi connectivity index (χ0) is 11.0. The lowest BCUT2D eigenvalue weighted by molar-refractivity contribution is 0.695. The number of hydrogen-bond donors (Lipinski definition) is 1. The zero-order valence-corrected chi connectivity index (χ0v) is 9.98. The molecular weight excluding hydrogens is 170 g/mol. The van der Waals surface area contributed by atoms with E-state index in [1.54, 1.807) is 0 Å². The molecular formula is C13H23N. The Bertz CT molecular complexity index is 230. The standard InChI is InChI=1S/C11H17N.C2H6/c1-4-10-8-12-6-5-11(10)7-9(2)3;1-2/h4,7,12H,1,5-6,8H2,2-3H3;1-2H3. The maximum absolute atomic E-state index is 3.81. The minimum Gasteiger partial charge on any atom is -0.312 e. The van der Waals surface area contributed by atoms with Crippen molar-refractivity contribution in [3.8, 4) is 0 Å². The quantitative estimate of drug-likeness (QED) is 0.708. The Kier molecular flexibility index (Phi) is 7.13. The molecule has 1 N–H and O–H groups in total. The van der Waals surface area contributed by atoms with Crippen LogP contribution in [-0.4, -0.2) is 13.1 Å². The molecule has 1 heterocycles. The topological polar surface area (TPSA) is 12.0 Å². The van der Waals surface area contributed by atoms with E-state index in [0.29, 0.717) is 0 Å². The third-order valence-electron chi connectivity index (χ3n) is 2.01. The van der Waals surface area contributed by atoms with Crippen LogP contribution in [0.4, 0.5) is 0 Å². The Balaban J connectivity index is 0.000000791. The van der Waals surface area contributed by atoms with Crippen LogP contribution in [0.3, 0.4) is 0 Å². The molecule has 0 aromatic heterocycles. The van der Waals surface area contributed by atoms with E-state index in [-0.39, 0.29) is 0 Å². The monoisotopic (exact) mass is 193 g/mol. The van der Waals surface area contributed by atoms with Gasteiger partial charge in [-0.3, -0.25) is 0 Å². The molecule has 0 spiro atoms. The fourth-order valence-corrected chi connectivity index (χ4v) is 1.44. The number of hydrogen-bond acceptors (Lipinski definition) is 1.